The number of nitrogens with one attached hydrogen (secondary N) is 2. The van der Waals surface area contributed by atoms with Gasteiger partial charge in [0.25, 0.3) is 5.91 Å². The van der Waals surface area contributed by atoms with Gasteiger partial charge >= 0.3 is 0 Å². The average molecular weight is 826 g/mol. The van der Waals surface area contributed by atoms with Crippen LogP contribution in [0.2, 0.25) is 0 Å². The minimum absolute atomic E-state index is 0.0104. The Bertz CT molecular complexity index is 2360. The van der Waals surface area contributed by atoms with E-state index in [-0.39, 0.29) is 50.1 Å². The van der Waals surface area contributed by atoms with E-state index >= 15 is 13.2 Å². The summed E-state index contributed by atoms with van der Waals surface area (Å²) < 4.78 is 59.6. The van der Waals surface area contributed by atoms with Crippen LogP contribution < -0.4 is 24.6 Å². The maximum Gasteiger partial charge on any atom is 0.259 e. The molecule has 2 N–H and O–H groups in total. The van der Waals surface area contributed by atoms with E-state index in [1.165, 1.54) is 30.9 Å². The van der Waals surface area contributed by atoms with Crippen LogP contribution in [0.3, 0.4) is 0 Å². The van der Waals surface area contributed by atoms with Gasteiger partial charge in [0.15, 0.2) is 11.5 Å². The second-order valence-corrected chi connectivity index (χ2v) is 17.8. The molecule has 12 nitrogen and oxygen atoms in total. The van der Waals surface area contributed by atoms with Crippen molar-refractivity contribution in [3.8, 4) is 11.5 Å². The highest BCUT2D eigenvalue weighted by Gasteiger charge is 2.44. The molecule has 0 spiro atoms. The number of piperazine rings is 1. The van der Waals surface area contributed by atoms with Gasteiger partial charge in [-0.15, -0.1) is 0 Å². The average Bonchev–Trinajstić information content (AvgIpc) is 3.94. The van der Waals surface area contributed by atoms with Crippen LogP contribution in [0.25, 0.3) is 10.9 Å². The van der Waals surface area contributed by atoms with Gasteiger partial charge in [-0.3, -0.25) is 29.5 Å². The number of aromatic nitrogens is 1. The van der Waals surface area contributed by atoms with Crippen molar-refractivity contribution >= 4 is 40.0 Å². The molecule has 3 fully saturated rings. The van der Waals surface area contributed by atoms with Crippen LogP contribution in [0.15, 0.2) is 42.5 Å². The molecule has 4 aromatic rings. The zero-order valence-corrected chi connectivity index (χ0v) is 34.0. The molecule has 6 aliphatic rings. The first-order chi connectivity index (χ1) is 28.9. The fourth-order valence-corrected chi connectivity index (χ4v) is 10.5. The van der Waals surface area contributed by atoms with Crippen molar-refractivity contribution in [1.82, 2.24) is 25.0 Å². The maximum absolute atomic E-state index is 16.4. The number of carbonyl (C=O) groups is 3. The van der Waals surface area contributed by atoms with E-state index in [0.29, 0.717) is 54.7 Å². The molecule has 60 heavy (non-hydrogen) atoms. The summed E-state index contributed by atoms with van der Waals surface area (Å²) in [6.07, 6.45) is 2.93. The van der Waals surface area contributed by atoms with Crippen molar-refractivity contribution in [3.63, 3.8) is 0 Å². The molecule has 0 aliphatic carbocycles. The molecule has 15 heteroatoms. The number of hydrogen-bond acceptors (Lipinski definition) is 9. The summed E-state index contributed by atoms with van der Waals surface area (Å²) in [5.74, 6) is -0.887. The quantitative estimate of drug-likeness (QED) is 0.217. The van der Waals surface area contributed by atoms with Crippen LogP contribution in [0.1, 0.15) is 78.3 Å². The predicted molar refractivity (Wildman–Crippen MR) is 219 cm³/mol. The summed E-state index contributed by atoms with van der Waals surface area (Å²) in [6.45, 7) is 9.29. The van der Waals surface area contributed by atoms with Crippen LogP contribution in [0.5, 0.6) is 11.5 Å². The lowest BCUT2D eigenvalue weighted by molar-refractivity contribution is -0.136. The van der Waals surface area contributed by atoms with E-state index in [4.69, 9.17) is 9.47 Å². The van der Waals surface area contributed by atoms with Crippen LogP contribution in [0.4, 0.5) is 24.5 Å². The largest absolute Gasteiger partial charge is 0.453 e. The first-order valence-corrected chi connectivity index (χ1v) is 21.2. The summed E-state index contributed by atoms with van der Waals surface area (Å²) >= 11 is 0. The summed E-state index contributed by atoms with van der Waals surface area (Å²) in [4.78, 5) is 51.6. The minimum Gasteiger partial charge on any atom is -0.453 e. The summed E-state index contributed by atoms with van der Waals surface area (Å²) in [5.41, 5.74) is 3.69. The number of rotatable bonds is 8. The van der Waals surface area contributed by atoms with E-state index in [0.717, 1.165) is 79.0 Å². The number of piperidine rings is 2. The Labute approximate surface area is 346 Å². The molecule has 0 saturated carbocycles. The van der Waals surface area contributed by atoms with Gasteiger partial charge in [0, 0.05) is 99.7 Å². The third-order valence-corrected chi connectivity index (χ3v) is 13.4. The number of nitrogens with zero attached hydrogens (tertiary/aromatic N) is 5. The minimum atomic E-state index is -1.55. The molecule has 3 saturated heterocycles. The van der Waals surface area contributed by atoms with Crippen LogP contribution in [-0.2, 0) is 22.6 Å². The molecule has 0 radical (unpaired) electrons. The number of halogens is 3. The molecule has 1 aromatic heterocycles. The lowest BCUT2D eigenvalue weighted by Crippen LogP contribution is -2.52. The highest BCUT2D eigenvalue weighted by atomic mass is 19.1. The van der Waals surface area contributed by atoms with Crippen LogP contribution in [0, 0.1) is 17.6 Å². The van der Waals surface area contributed by atoms with Gasteiger partial charge in [0.05, 0.1) is 17.3 Å². The smallest absolute Gasteiger partial charge is 0.259 e. The van der Waals surface area contributed by atoms with Crippen molar-refractivity contribution in [2.45, 2.75) is 70.2 Å². The molecule has 3 aromatic carbocycles. The number of para-hydroxylation sites is 1. The van der Waals surface area contributed by atoms with Gasteiger partial charge in [0.1, 0.15) is 23.3 Å². The summed E-state index contributed by atoms with van der Waals surface area (Å²) in [7, 11) is 0. The first kappa shape index (κ1) is 38.9. The lowest BCUT2D eigenvalue weighted by atomic mass is 9.90. The lowest BCUT2D eigenvalue weighted by Gasteiger charge is -2.40. The van der Waals surface area contributed by atoms with E-state index in [1.807, 2.05) is 35.2 Å². The third-order valence-electron chi connectivity index (χ3n) is 13.4. The SMILES string of the molecule is CC(C)(F)CN1CCc2c([nH]c3ccccc23)C1c1c(F)cc(N2CCC(CN3CCN(c4cc5c(c6c4OCO6)C(=O)N(C4CCC(=O)NC4=O)C5)CC3)CC2)cc1F. The number of imide groups is 1. The predicted octanol–water partition coefficient (Wildman–Crippen LogP) is 5.67. The zero-order chi connectivity index (χ0) is 41.4. The Morgan fingerprint density at radius 2 is 1.58 bits per heavy atom. The Kier molecular flexibility index (Phi) is 9.73. The van der Waals surface area contributed by atoms with Gasteiger partial charge in [-0.1, -0.05) is 18.2 Å². The van der Waals surface area contributed by atoms with Crippen molar-refractivity contribution in [1.29, 1.82) is 0 Å². The molecule has 6 aliphatic heterocycles. The fourth-order valence-electron chi connectivity index (χ4n) is 10.5. The molecule has 2 atom stereocenters. The monoisotopic (exact) mass is 825 g/mol. The number of H-pyrrole nitrogens is 1. The van der Waals surface area contributed by atoms with Crippen molar-refractivity contribution < 1.29 is 37.0 Å². The number of aromatic amines is 1. The van der Waals surface area contributed by atoms with Crippen molar-refractivity contribution in [2.24, 2.45) is 5.92 Å². The normalized spacial score (nSPS) is 22.8. The molecule has 3 amide bonds. The number of fused-ring (bicyclic) bond motifs is 6. The number of benzene rings is 3. The molecular weight excluding hydrogens is 776 g/mol. The van der Waals surface area contributed by atoms with Gasteiger partial charge in [-0.25, -0.2) is 13.2 Å². The van der Waals surface area contributed by atoms with E-state index < -0.39 is 35.3 Å². The first-order valence-electron chi connectivity index (χ1n) is 21.2. The zero-order valence-electron chi connectivity index (χ0n) is 34.0. The second kappa shape index (κ2) is 15.0. The molecule has 316 valence electrons. The highest BCUT2D eigenvalue weighted by molar-refractivity contribution is 6.07. The number of hydrogen-bond donors (Lipinski definition) is 2. The third kappa shape index (κ3) is 6.92. The van der Waals surface area contributed by atoms with Crippen LogP contribution in [-0.4, -0.2) is 115 Å². The molecule has 2 unspecified atom stereocenters. The number of carbonyl (C=O) groups excluding carboxylic acids is 3. The molecule has 10 rings (SSSR count). The van der Waals surface area contributed by atoms with E-state index in [1.54, 1.807) is 0 Å². The highest BCUT2D eigenvalue weighted by Crippen LogP contribution is 2.49. The van der Waals surface area contributed by atoms with Gasteiger partial charge in [-0.2, -0.15) is 0 Å². The Hall–Kier alpha value is -5.28. The molecule has 0 bridgehead atoms. The standard InChI is InChI=1S/C45H50F3N7O5/c1-45(2,48)24-54-14-11-30-29-5-3-4-6-33(29)49-39(30)40(54)38-31(46)20-28(21-32(38)47)52-12-9-26(10-13-52)22-51-15-17-53(18-16-51)35-19-27-23-55(34-7-8-36(56)50-43(34)57)44(58)37(27)42-41(35)59-25-60-42/h3-6,19-21,26,34,40,49H,7-18,22-25H2,1-2H3,(H,50,56,57). The van der Waals surface area contributed by atoms with Crippen molar-refractivity contribution in [2.75, 3.05) is 75.5 Å². The number of anilines is 2. The second-order valence-electron chi connectivity index (χ2n) is 17.8. The number of alkyl halides is 1. The van der Waals surface area contributed by atoms with Crippen LogP contribution >= 0.6 is 0 Å². The summed E-state index contributed by atoms with van der Waals surface area (Å²) in [5, 5.41) is 3.39. The van der Waals surface area contributed by atoms with Gasteiger partial charge in [-0.05, 0) is 80.8 Å². The Morgan fingerprint density at radius 3 is 2.32 bits per heavy atom. The topological polar surface area (TPSA) is 114 Å². The van der Waals surface area contributed by atoms with E-state index in [9.17, 15) is 14.4 Å². The summed E-state index contributed by atoms with van der Waals surface area (Å²) in [6, 6.07) is 11.3. The Balaban J connectivity index is 0.781. The maximum atomic E-state index is 16.4. The van der Waals surface area contributed by atoms with Gasteiger partial charge < -0.3 is 29.2 Å². The Morgan fingerprint density at radius 1 is 0.850 bits per heavy atom. The fraction of sp³-hybridized carbons (Fsp3) is 0.489. The van der Waals surface area contributed by atoms with Crippen molar-refractivity contribution in [3.05, 3.63) is 82.0 Å². The molecular formula is C45H50F3N7O5. The van der Waals surface area contributed by atoms with Gasteiger partial charge in [0.2, 0.25) is 18.6 Å². The number of ether oxygens (including phenoxy) is 2. The molecule has 7 heterocycles. The van der Waals surface area contributed by atoms with E-state index in [2.05, 4.69) is 25.0 Å². The number of amides is 3.